The van der Waals surface area contributed by atoms with Crippen molar-refractivity contribution >= 4 is 15.9 Å². The van der Waals surface area contributed by atoms with Gasteiger partial charge in [-0.2, -0.15) is 0 Å². The lowest BCUT2D eigenvalue weighted by Crippen LogP contribution is -2.12. The largest absolute Gasteiger partial charge is 0.439 e. The molecule has 0 fully saturated rings. The lowest BCUT2D eigenvalue weighted by Gasteiger charge is -2.10. The summed E-state index contributed by atoms with van der Waals surface area (Å²) in [5.74, 6) is 1.47. The Morgan fingerprint density at radius 2 is 2.00 bits per heavy atom. The smallest absolute Gasteiger partial charge is 0.222 e. The quantitative estimate of drug-likeness (QED) is 0.881. The molecule has 3 nitrogen and oxygen atoms in total. The summed E-state index contributed by atoms with van der Waals surface area (Å²) in [4.78, 5) is 4.40. The van der Waals surface area contributed by atoms with Gasteiger partial charge in [0.15, 0.2) is 0 Å². The Morgan fingerprint density at radius 3 is 2.65 bits per heavy atom. The van der Waals surface area contributed by atoms with Crippen molar-refractivity contribution in [2.45, 2.75) is 27.3 Å². The minimum absolute atomic E-state index is 0.659. The molecule has 0 saturated carbocycles. The highest BCUT2D eigenvalue weighted by atomic mass is 79.9. The predicted octanol–water partition coefficient (Wildman–Crippen LogP) is 4.36. The number of nitrogens with zero attached hydrogens (tertiary/aromatic N) is 1. The van der Waals surface area contributed by atoms with E-state index in [4.69, 9.17) is 4.74 Å². The molecule has 0 aliphatic carbocycles. The first-order chi connectivity index (χ1) is 9.60. The van der Waals surface area contributed by atoms with Crippen molar-refractivity contribution in [3.05, 3.63) is 51.6 Å². The number of aromatic nitrogens is 1. The lowest BCUT2D eigenvalue weighted by molar-refractivity contribution is 0.458. The van der Waals surface area contributed by atoms with Crippen LogP contribution in [0.5, 0.6) is 11.6 Å². The molecular formula is C16H19BrN2O. The van der Waals surface area contributed by atoms with Crippen LogP contribution in [0, 0.1) is 13.8 Å². The number of benzene rings is 1. The molecule has 20 heavy (non-hydrogen) atoms. The van der Waals surface area contributed by atoms with Gasteiger partial charge in [-0.15, -0.1) is 0 Å². The molecule has 0 unspecified atom stereocenters. The van der Waals surface area contributed by atoms with Crippen molar-refractivity contribution in [3.63, 3.8) is 0 Å². The van der Waals surface area contributed by atoms with Crippen molar-refractivity contribution in [1.29, 1.82) is 0 Å². The van der Waals surface area contributed by atoms with E-state index in [9.17, 15) is 0 Å². The van der Waals surface area contributed by atoms with E-state index in [1.165, 1.54) is 5.56 Å². The first-order valence-corrected chi connectivity index (χ1v) is 7.49. The summed E-state index contributed by atoms with van der Waals surface area (Å²) in [5.41, 5.74) is 3.36. The van der Waals surface area contributed by atoms with Crippen molar-refractivity contribution in [3.8, 4) is 11.6 Å². The Hall–Kier alpha value is -1.39. The van der Waals surface area contributed by atoms with Crippen LogP contribution in [-0.2, 0) is 6.54 Å². The van der Waals surface area contributed by atoms with E-state index < -0.39 is 0 Å². The maximum Gasteiger partial charge on any atom is 0.222 e. The molecule has 0 bridgehead atoms. The van der Waals surface area contributed by atoms with Gasteiger partial charge >= 0.3 is 0 Å². The van der Waals surface area contributed by atoms with Crippen molar-refractivity contribution in [1.82, 2.24) is 10.3 Å². The second-order valence-electron chi connectivity index (χ2n) is 4.76. The number of hydrogen-bond donors (Lipinski definition) is 1. The number of aryl methyl sites for hydroxylation is 2. The maximum absolute atomic E-state index is 5.85. The highest BCUT2D eigenvalue weighted by Crippen LogP contribution is 2.27. The molecule has 1 heterocycles. The molecule has 1 aromatic carbocycles. The molecule has 106 valence electrons. The fourth-order valence-corrected chi connectivity index (χ4v) is 2.13. The molecule has 0 saturated heterocycles. The number of halogens is 1. The average molecular weight is 335 g/mol. The topological polar surface area (TPSA) is 34.2 Å². The third-order valence-electron chi connectivity index (χ3n) is 3.01. The van der Waals surface area contributed by atoms with Crippen LogP contribution in [0.15, 0.2) is 34.9 Å². The van der Waals surface area contributed by atoms with Gasteiger partial charge in [-0.05, 0) is 55.8 Å². The number of ether oxygens (including phenoxy) is 1. The summed E-state index contributed by atoms with van der Waals surface area (Å²) in [6, 6.07) is 8.03. The van der Waals surface area contributed by atoms with Crippen molar-refractivity contribution in [2.75, 3.05) is 6.54 Å². The fourth-order valence-electron chi connectivity index (χ4n) is 1.89. The van der Waals surface area contributed by atoms with Crippen LogP contribution in [0.2, 0.25) is 0 Å². The number of pyridine rings is 1. The van der Waals surface area contributed by atoms with Gasteiger partial charge in [0.2, 0.25) is 5.88 Å². The van der Waals surface area contributed by atoms with E-state index in [1.807, 2.05) is 38.2 Å². The Bertz CT molecular complexity index is 599. The van der Waals surface area contributed by atoms with E-state index in [-0.39, 0.29) is 0 Å². The van der Waals surface area contributed by atoms with Crippen LogP contribution in [0.4, 0.5) is 0 Å². The van der Waals surface area contributed by atoms with Crippen LogP contribution in [-0.4, -0.2) is 11.5 Å². The fraction of sp³-hybridized carbons (Fsp3) is 0.312. The van der Waals surface area contributed by atoms with E-state index in [1.54, 1.807) is 0 Å². The first-order valence-electron chi connectivity index (χ1n) is 6.70. The molecule has 0 radical (unpaired) electrons. The summed E-state index contributed by atoms with van der Waals surface area (Å²) < 4.78 is 6.93. The Kier molecular flexibility index (Phi) is 5.15. The van der Waals surface area contributed by atoms with Crippen LogP contribution < -0.4 is 10.1 Å². The van der Waals surface area contributed by atoms with Gasteiger partial charge < -0.3 is 10.1 Å². The molecule has 0 aliphatic heterocycles. The van der Waals surface area contributed by atoms with E-state index in [2.05, 4.69) is 39.2 Å². The number of rotatable bonds is 5. The van der Waals surface area contributed by atoms with Gasteiger partial charge in [0.1, 0.15) is 5.75 Å². The predicted molar refractivity (Wildman–Crippen MR) is 85.3 cm³/mol. The summed E-state index contributed by atoms with van der Waals surface area (Å²) in [6.45, 7) is 7.94. The number of nitrogens with one attached hydrogen (secondary N) is 1. The summed E-state index contributed by atoms with van der Waals surface area (Å²) >= 11 is 3.48. The maximum atomic E-state index is 5.85. The highest BCUT2D eigenvalue weighted by Gasteiger charge is 2.06. The van der Waals surface area contributed by atoms with Gasteiger partial charge in [-0.3, -0.25) is 0 Å². The molecule has 2 rings (SSSR count). The molecule has 1 N–H and O–H groups in total. The molecule has 0 spiro atoms. The molecular weight excluding hydrogens is 316 g/mol. The minimum Gasteiger partial charge on any atom is -0.439 e. The zero-order valence-electron chi connectivity index (χ0n) is 12.0. The average Bonchev–Trinajstić information content (AvgIpc) is 2.43. The third kappa shape index (κ3) is 3.81. The standard InChI is InChI=1S/C16H19BrN2O/c1-4-18-9-13-7-12(3)16(19-10-13)20-14-5-6-15(17)11(2)8-14/h5-8,10,18H,4,9H2,1-3H3. The van der Waals surface area contributed by atoms with Crippen molar-refractivity contribution in [2.24, 2.45) is 0 Å². The Labute approximate surface area is 128 Å². The van der Waals surface area contributed by atoms with E-state index in [0.717, 1.165) is 34.4 Å². The Morgan fingerprint density at radius 1 is 1.20 bits per heavy atom. The lowest BCUT2D eigenvalue weighted by atomic mass is 10.2. The summed E-state index contributed by atoms with van der Waals surface area (Å²) in [7, 11) is 0. The van der Waals surface area contributed by atoms with Crippen molar-refractivity contribution < 1.29 is 4.74 Å². The van der Waals surface area contributed by atoms with Crippen LogP contribution in [0.25, 0.3) is 0 Å². The second-order valence-corrected chi connectivity index (χ2v) is 5.61. The molecule has 4 heteroatoms. The molecule has 2 aromatic rings. The van der Waals surface area contributed by atoms with Crippen LogP contribution >= 0.6 is 15.9 Å². The minimum atomic E-state index is 0.659. The first kappa shape index (κ1) is 15.0. The molecule has 0 atom stereocenters. The third-order valence-corrected chi connectivity index (χ3v) is 3.90. The highest BCUT2D eigenvalue weighted by molar-refractivity contribution is 9.10. The zero-order valence-corrected chi connectivity index (χ0v) is 13.6. The van der Waals surface area contributed by atoms with Gasteiger partial charge in [-0.1, -0.05) is 22.9 Å². The van der Waals surface area contributed by atoms with Gasteiger partial charge in [-0.25, -0.2) is 4.98 Å². The van der Waals surface area contributed by atoms with Gasteiger partial charge in [0, 0.05) is 22.8 Å². The zero-order chi connectivity index (χ0) is 14.5. The van der Waals surface area contributed by atoms with E-state index >= 15 is 0 Å². The van der Waals surface area contributed by atoms with Crippen LogP contribution in [0.1, 0.15) is 23.6 Å². The van der Waals surface area contributed by atoms with E-state index in [0.29, 0.717) is 5.88 Å². The Balaban J connectivity index is 2.14. The molecule has 1 aromatic heterocycles. The van der Waals surface area contributed by atoms with Gasteiger partial charge in [0.05, 0.1) is 0 Å². The number of hydrogen-bond acceptors (Lipinski definition) is 3. The van der Waals surface area contributed by atoms with Crippen LogP contribution in [0.3, 0.4) is 0 Å². The molecule has 0 aliphatic rings. The molecule has 0 amide bonds. The SMILES string of the molecule is CCNCc1cnc(Oc2ccc(Br)c(C)c2)c(C)c1. The summed E-state index contributed by atoms with van der Waals surface area (Å²) in [5, 5.41) is 3.29. The summed E-state index contributed by atoms with van der Waals surface area (Å²) in [6.07, 6.45) is 1.86. The normalized spacial score (nSPS) is 10.6. The second kappa shape index (κ2) is 6.86. The van der Waals surface area contributed by atoms with Gasteiger partial charge in [0.25, 0.3) is 0 Å². The monoisotopic (exact) mass is 334 g/mol.